The molecule has 1 saturated carbocycles. The summed E-state index contributed by atoms with van der Waals surface area (Å²) < 4.78 is 1.85. The van der Waals surface area contributed by atoms with Gasteiger partial charge in [0.25, 0.3) is 5.56 Å². The molecule has 1 heterocycles. The highest BCUT2D eigenvalue weighted by Crippen LogP contribution is 2.26. The quantitative estimate of drug-likeness (QED) is 0.719. The lowest BCUT2D eigenvalue weighted by atomic mass is 10.1. The standard InChI is InChI=1S/C15H18N2O/c18-15-13-9-5-6-10-14(13)16-11-17(15)12-7-3-1-2-4-8-12/h5-6,9-12H,1-4,7-8H2. The molecule has 94 valence electrons. The molecule has 0 unspecified atom stereocenters. The van der Waals surface area contributed by atoms with Crippen molar-refractivity contribution in [3.63, 3.8) is 0 Å². The molecular weight excluding hydrogens is 224 g/mol. The predicted molar refractivity (Wildman–Crippen MR) is 72.7 cm³/mol. The van der Waals surface area contributed by atoms with Crippen LogP contribution < -0.4 is 5.56 Å². The van der Waals surface area contributed by atoms with Crippen LogP contribution in [-0.4, -0.2) is 9.55 Å². The van der Waals surface area contributed by atoms with Gasteiger partial charge >= 0.3 is 0 Å². The number of para-hydroxylation sites is 1. The fourth-order valence-corrected chi connectivity index (χ4v) is 2.88. The molecular formula is C15H18N2O. The average Bonchev–Trinajstić information content (AvgIpc) is 2.68. The molecule has 0 bridgehead atoms. The minimum Gasteiger partial charge on any atom is -0.296 e. The third kappa shape index (κ3) is 2.05. The molecule has 0 amide bonds. The van der Waals surface area contributed by atoms with Crippen molar-refractivity contribution in [2.45, 2.75) is 44.6 Å². The van der Waals surface area contributed by atoms with E-state index in [1.54, 1.807) is 6.33 Å². The van der Waals surface area contributed by atoms with E-state index in [-0.39, 0.29) is 5.56 Å². The van der Waals surface area contributed by atoms with Crippen molar-refractivity contribution in [2.24, 2.45) is 0 Å². The van der Waals surface area contributed by atoms with Crippen LogP contribution in [-0.2, 0) is 0 Å². The summed E-state index contributed by atoms with van der Waals surface area (Å²) in [6.45, 7) is 0. The average molecular weight is 242 g/mol. The maximum Gasteiger partial charge on any atom is 0.261 e. The summed E-state index contributed by atoms with van der Waals surface area (Å²) in [6, 6.07) is 7.94. The van der Waals surface area contributed by atoms with Crippen LogP contribution >= 0.6 is 0 Å². The molecule has 0 spiro atoms. The van der Waals surface area contributed by atoms with E-state index in [0.29, 0.717) is 6.04 Å². The van der Waals surface area contributed by atoms with Gasteiger partial charge in [0.2, 0.25) is 0 Å². The van der Waals surface area contributed by atoms with Crippen LogP contribution in [0, 0.1) is 0 Å². The highest BCUT2D eigenvalue weighted by atomic mass is 16.1. The summed E-state index contributed by atoms with van der Waals surface area (Å²) in [5, 5.41) is 0.740. The zero-order chi connectivity index (χ0) is 12.4. The predicted octanol–water partition coefficient (Wildman–Crippen LogP) is 3.29. The second kappa shape index (κ2) is 4.92. The van der Waals surface area contributed by atoms with Crippen molar-refractivity contribution in [1.29, 1.82) is 0 Å². The van der Waals surface area contributed by atoms with Crippen molar-refractivity contribution < 1.29 is 0 Å². The summed E-state index contributed by atoms with van der Waals surface area (Å²) >= 11 is 0. The monoisotopic (exact) mass is 242 g/mol. The van der Waals surface area contributed by atoms with E-state index in [1.807, 2.05) is 28.8 Å². The Hall–Kier alpha value is -1.64. The van der Waals surface area contributed by atoms with E-state index in [0.717, 1.165) is 23.7 Å². The van der Waals surface area contributed by atoms with E-state index in [1.165, 1.54) is 25.7 Å². The Morgan fingerprint density at radius 3 is 2.56 bits per heavy atom. The fraction of sp³-hybridized carbons (Fsp3) is 0.467. The molecule has 0 aliphatic heterocycles. The molecule has 1 aliphatic rings. The summed E-state index contributed by atoms with van der Waals surface area (Å²) in [5.41, 5.74) is 0.917. The van der Waals surface area contributed by atoms with Crippen LogP contribution in [0.25, 0.3) is 10.9 Å². The van der Waals surface area contributed by atoms with Crippen LogP contribution in [0.4, 0.5) is 0 Å². The number of benzene rings is 1. The van der Waals surface area contributed by atoms with E-state index < -0.39 is 0 Å². The van der Waals surface area contributed by atoms with Crippen molar-refractivity contribution in [1.82, 2.24) is 9.55 Å². The van der Waals surface area contributed by atoms with Gasteiger partial charge in [-0.1, -0.05) is 37.8 Å². The number of fused-ring (bicyclic) bond motifs is 1. The number of rotatable bonds is 1. The van der Waals surface area contributed by atoms with Gasteiger partial charge in [-0.3, -0.25) is 9.36 Å². The number of nitrogens with zero attached hydrogens (tertiary/aromatic N) is 2. The topological polar surface area (TPSA) is 34.9 Å². The Labute approximate surface area is 106 Å². The minimum absolute atomic E-state index is 0.118. The first-order chi connectivity index (χ1) is 8.86. The lowest BCUT2D eigenvalue weighted by Crippen LogP contribution is -2.25. The van der Waals surface area contributed by atoms with Crippen molar-refractivity contribution in [2.75, 3.05) is 0 Å². The lowest BCUT2D eigenvalue weighted by Gasteiger charge is -2.17. The minimum atomic E-state index is 0.118. The zero-order valence-electron chi connectivity index (χ0n) is 10.5. The van der Waals surface area contributed by atoms with E-state index >= 15 is 0 Å². The molecule has 3 heteroatoms. The Morgan fingerprint density at radius 2 is 1.78 bits per heavy atom. The molecule has 1 aromatic heterocycles. The number of hydrogen-bond donors (Lipinski definition) is 0. The van der Waals surface area contributed by atoms with E-state index in [9.17, 15) is 4.79 Å². The Kier molecular flexibility index (Phi) is 3.13. The summed E-state index contributed by atoms with van der Waals surface area (Å²) in [7, 11) is 0. The smallest absolute Gasteiger partial charge is 0.261 e. The molecule has 3 rings (SSSR count). The van der Waals surface area contributed by atoms with Gasteiger partial charge in [-0.25, -0.2) is 4.98 Å². The Balaban J connectivity index is 2.06. The molecule has 1 aromatic carbocycles. The molecule has 0 atom stereocenters. The van der Waals surface area contributed by atoms with Crippen LogP contribution in [0.1, 0.15) is 44.6 Å². The molecule has 0 N–H and O–H groups in total. The summed E-state index contributed by atoms with van der Waals surface area (Å²) in [4.78, 5) is 16.9. The molecule has 18 heavy (non-hydrogen) atoms. The maximum atomic E-state index is 12.5. The second-order valence-electron chi connectivity index (χ2n) is 5.12. The first kappa shape index (κ1) is 11.5. The normalized spacial score (nSPS) is 17.8. The summed E-state index contributed by atoms with van der Waals surface area (Å²) in [5.74, 6) is 0. The van der Waals surface area contributed by atoms with E-state index in [4.69, 9.17) is 0 Å². The van der Waals surface area contributed by atoms with Crippen molar-refractivity contribution in [3.05, 3.63) is 40.9 Å². The van der Waals surface area contributed by atoms with Crippen molar-refractivity contribution in [3.8, 4) is 0 Å². The molecule has 1 fully saturated rings. The van der Waals surface area contributed by atoms with E-state index in [2.05, 4.69) is 4.98 Å². The number of hydrogen-bond acceptors (Lipinski definition) is 2. The molecule has 1 aliphatic carbocycles. The van der Waals surface area contributed by atoms with Gasteiger partial charge in [0.15, 0.2) is 0 Å². The Morgan fingerprint density at radius 1 is 1.06 bits per heavy atom. The van der Waals surface area contributed by atoms with Crippen LogP contribution in [0.2, 0.25) is 0 Å². The SMILES string of the molecule is O=c1c2ccccc2ncn1C1CCCCCC1. The highest BCUT2D eigenvalue weighted by Gasteiger charge is 2.16. The zero-order valence-corrected chi connectivity index (χ0v) is 10.5. The first-order valence-corrected chi connectivity index (χ1v) is 6.82. The van der Waals surface area contributed by atoms with Gasteiger partial charge in [-0.05, 0) is 25.0 Å². The lowest BCUT2D eigenvalue weighted by molar-refractivity contribution is 0.430. The fourth-order valence-electron chi connectivity index (χ4n) is 2.88. The summed E-state index contributed by atoms with van der Waals surface area (Å²) in [6.07, 6.45) is 9.01. The second-order valence-corrected chi connectivity index (χ2v) is 5.12. The molecule has 0 radical (unpaired) electrons. The van der Waals surface area contributed by atoms with Gasteiger partial charge in [-0.15, -0.1) is 0 Å². The van der Waals surface area contributed by atoms with Crippen LogP contribution in [0.5, 0.6) is 0 Å². The maximum absolute atomic E-state index is 12.5. The van der Waals surface area contributed by atoms with Crippen molar-refractivity contribution >= 4 is 10.9 Å². The van der Waals surface area contributed by atoms with Gasteiger partial charge < -0.3 is 0 Å². The third-order valence-electron chi connectivity index (χ3n) is 3.91. The van der Waals surface area contributed by atoms with Gasteiger partial charge in [0, 0.05) is 6.04 Å². The molecule has 0 saturated heterocycles. The third-order valence-corrected chi connectivity index (χ3v) is 3.91. The first-order valence-electron chi connectivity index (χ1n) is 6.82. The van der Waals surface area contributed by atoms with Crippen LogP contribution in [0.15, 0.2) is 35.4 Å². The number of aromatic nitrogens is 2. The highest BCUT2D eigenvalue weighted by molar-refractivity contribution is 5.76. The van der Waals surface area contributed by atoms with Crippen LogP contribution in [0.3, 0.4) is 0 Å². The molecule has 2 aromatic rings. The van der Waals surface area contributed by atoms with Gasteiger partial charge in [0.05, 0.1) is 17.2 Å². The van der Waals surface area contributed by atoms with Gasteiger partial charge in [-0.2, -0.15) is 0 Å². The molecule has 3 nitrogen and oxygen atoms in total. The van der Waals surface area contributed by atoms with Gasteiger partial charge in [0.1, 0.15) is 0 Å². The largest absolute Gasteiger partial charge is 0.296 e. The Bertz CT molecular complexity index is 595.